The highest BCUT2D eigenvalue weighted by molar-refractivity contribution is 6.31. The lowest BCUT2D eigenvalue weighted by molar-refractivity contribution is -0.142. The lowest BCUT2D eigenvalue weighted by Crippen LogP contribution is -2.57. The van der Waals surface area contributed by atoms with E-state index in [0.29, 0.717) is 31.7 Å². The molecule has 1 spiro atoms. The molecule has 2 unspecified atom stereocenters. The number of benzene rings is 2. The highest BCUT2D eigenvalue weighted by Crippen LogP contribution is 2.45. The van der Waals surface area contributed by atoms with Crippen molar-refractivity contribution < 1.29 is 37.8 Å². The molecule has 2 saturated heterocycles. The number of fused-ring (bicyclic) bond motifs is 2. The van der Waals surface area contributed by atoms with Gasteiger partial charge < -0.3 is 24.4 Å². The molecule has 2 fully saturated rings. The summed E-state index contributed by atoms with van der Waals surface area (Å²) in [6, 6.07) is 8.03. The van der Waals surface area contributed by atoms with Gasteiger partial charge in [-0.2, -0.15) is 0 Å². The first-order valence-corrected chi connectivity index (χ1v) is 13.7. The second-order valence-corrected chi connectivity index (χ2v) is 10.7. The molecule has 2 aromatic rings. The molecule has 3 heterocycles. The molecule has 0 aromatic heterocycles. The van der Waals surface area contributed by atoms with Crippen molar-refractivity contribution in [3.05, 3.63) is 58.4 Å². The van der Waals surface area contributed by atoms with Gasteiger partial charge >= 0.3 is 12.2 Å². The lowest BCUT2D eigenvalue weighted by atomic mass is 9.82. The largest absolute Gasteiger partial charge is 0.453 e. The minimum Gasteiger partial charge on any atom is -0.453 e. The molecule has 0 bridgehead atoms. The summed E-state index contributed by atoms with van der Waals surface area (Å²) in [5.74, 6) is -1.60. The van der Waals surface area contributed by atoms with E-state index in [1.54, 1.807) is 12.1 Å². The fraction of sp³-hybridized carbons (Fsp3) is 0.429. The van der Waals surface area contributed by atoms with Crippen molar-refractivity contribution in [3.63, 3.8) is 0 Å². The van der Waals surface area contributed by atoms with Gasteiger partial charge in [0.2, 0.25) is 5.91 Å². The van der Waals surface area contributed by atoms with E-state index in [-0.39, 0.29) is 40.9 Å². The number of ether oxygens (including phenoxy) is 3. The summed E-state index contributed by atoms with van der Waals surface area (Å²) in [6.07, 6.45) is 0.953. The normalized spacial score (nSPS) is 22.3. The zero-order valence-electron chi connectivity index (χ0n) is 22.3. The second kappa shape index (κ2) is 11.9. The van der Waals surface area contributed by atoms with Crippen molar-refractivity contribution in [1.82, 2.24) is 10.2 Å². The number of rotatable bonds is 6. The third kappa shape index (κ3) is 6.08. The van der Waals surface area contributed by atoms with Gasteiger partial charge in [-0.25, -0.2) is 14.0 Å². The number of hydrogen-bond donors (Lipinski definition) is 3. The number of amides is 4. The Morgan fingerprint density at radius 3 is 2.71 bits per heavy atom. The van der Waals surface area contributed by atoms with Crippen LogP contribution in [-0.2, 0) is 24.6 Å². The third-order valence-electron chi connectivity index (χ3n) is 7.55. The molecule has 41 heavy (non-hydrogen) atoms. The first-order chi connectivity index (χ1) is 19.7. The van der Waals surface area contributed by atoms with Crippen LogP contribution in [0.2, 0.25) is 5.02 Å². The van der Waals surface area contributed by atoms with Crippen molar-refractivity contribution in [1.29, 1.82) is 0 Å². The van der Waals surface area contributed by atoms with Crippen LogP contribution in [-0.4, -0.2) is 67.9 Å². The Kier molecular flexibility index (Phi) is 8.32. The molecule has 11 nitrogen and oxygen atoms in total. The van der Waals surface area contributed by atoms with Gasteiger partial charge in [0.1, 0.15) is 6.04 Å². The number of carbonyl (C=O) groups excluding carboxylic acids is 4. The number of piperidine rings is 1. The Balaban J connectivity index is 1.37. The molecule has 5 rings (SSSR count). The van der Waals surface area contributed by atoms with Gasteiger partial charge in [-0.15, -0.1) is 0 Å². The zero-order chi connectivity index (χ0) is 29.1. The molecule has 3 atom stereocenters. The number of anilines is 2. The van der Waals surface area contributed by atoms with Gasteiger partial charge in [0.25, 0.3) is 5.91 Å². The van der Waals surface area contributed by atoms with Gasteiger partial charge in [0, 0.05) is 30.8 Å². The minimum atomic E-state index is -1.43. The predicted molar refractivity (Wildman–Crippen MR) is 146 cm³/mol. The quantitative estimate of drug-likeness (QED) is 0.455. The molecule has 218 valence electrons. The molecule has 3 aliphatic heterocycles. The van der Waals surface area contributed by atoms with Crippen molar-refractivity contribution in [3.8, 4) is 0 Å². The fourth-order valence-electron chi connectivity index (χ4n) is 5.61. The number of hydrogen-bond acceptors (Lipinski definition) is 7. The van der Waals surface area contributed by atoms with Crippen LogP contribution in [0.3, 0.4) is 0 Å². The van der Waals surface area contributed by atoms with E-state index in [2.05, 4.69) is 20.7 Å². The highest BCUT2D eigenvalue weighted by Gasteiger charge is 2.49. The molecule has 2 aromatic carbocycles. The van der Waals surface area contributed by atoms with Crippen LogP contribution in [0.4, 0.5) is 25.4 Å². The lowest BCUT2D eigenvalue weighted by Gasteiger charge is -2.45. The van der Waals surface area contributed by atoms with E-state index in [1.807, 2.05) is 0 Å². The number of nitrogens with zero attached hydrogens (tertiary/aromatic N) is 1. The van der Waals surface area contributed by atoms with Gasteiger partial charge in [-0.1, -0.05) is 11.6 Å². The first-order valence-electron chi connectivity index (χ1n) is 13.3. The standard InChI is InChI=1S/C28H30ClFN4O7/c1-39-26(37)31-17-7-5-16(6-8-17)24(35)32-21(14-18-4-2-13-40-18)25(36)34-12-3-11-28(15-34)22-20(33-27(38)41-28)10-9-19(29)23(22)30/h5-10,18,21H,2-4,11-15H2,1H3,(H,31,37)(H,32,35)(H,33,38)/t18-,21?,28?/m0/s1. The van der Waals surface area contributed by atoms with Crippen LogP contribution < -0.4 is 16.0 Å². The van der Waals surface area contributed by atoms with Crippen molar-refractivity contribution in [2.45, 2.75) is 49.9 Å². The Labute approximate surface area is 240 Å². The van der Waals surface area contributed by atoms with Crippen LogP contribution in [0, 0.1) is 5.82 Å². The SMILES string of the molecule is COC(=O)Nc1ccc(C(=O)NC(C[C@@H]2CCCO2)C(=O)N2CCCC3(C2)OC(=O)Nc2ccc(Cl)c(F)c23)cc1. The number of carbonyl (C=O) groups is 4. The maximum absolute atomic E-state index is 15.3. The molecular formula is C28H30ClFN4O7. The van der Waals surface area contributed by atoms with Crippen molar-refractivity contribution in [2.24, 2.45) is 0 Å². The maximum atomic E-state index is 15.3. The summed E-state index contributed by atoms with van der Waals surface area (Å²) in [7, 11) is 1.24. The van der Waals surface area contributed by atoms with E-state index < -0.39 is 41.5 Å². The van der Waals surface area contributed by atoms with E-state index in [9.17, 15) is 19.2 Å². The van der Waals surface area contributed by atoms with E-state index in [0.717, 1.165) is 12.8 Å². The van der Waals surface area contributed by atoms with E-state index >= 15 is 4.39 Å². The second-order valence-electron chi connectivity index (χ2n) is 10.2. The van der Waals surface area contributed by atoms with Crippen LogP contribution in [0.1, 0.15) is 48.0 Å². The Hall–Kier alpha value is -3.90. The van der Waals surface area contributed by atoms with Gasteiger partial charge in [-0.05, 0) is 62.1 Å². The summed E-state index contributed by atoms with van der Waals surface area (Å²) < 4.78 is 31.3. The van der Waals surface area contributed by atoms with Crippen LogP contribution in [0.25, 0.3) is 0 Å². The Bertz CT molecular complexity index is 1350. The summed E-state index contributed by atoms with van der Waals surface area (Å²) in [6.45, 7) is 0.797. The molecule has 0 radical (unpaired) electrons. The van der Waals surface area contributed by atoms with Crippen LogP contribution >= 0.6 is 11.6 Å². The summed E-state index contributed by atoms with van der Waals surface area (Å²) >= 11 is 6.07. The minimum absolute atomic E-state index is 0.0995. The Morgan fingerprint density at radius 2 is 2.00 bits per heavy atom. The van der Waals surface area contributed by atoms with Gasteiger partial charge in [0.15, 0.2) is 11.4 Å². The average Bonchev–Trinajstić information content (AvgIpc) is 3.47. The van der Waals surface area contributed by atoms with Crippen molar-refractivity contribution in [2.75, 3.05) is 37.4 Å². The first kappa shape index (κ1) is 28.6. The van der Waals surface area contributed by atoms with E-state index in [4.69, 9.17) is 21.1 Å². The number of likely N-dealkylation sites (tertiary alicyclic amines) is 1. The third-order valence-corrected chi connectivity index (χ3v) is 7.84. The molecule has 4 amide bonds. The maximum Gasteiger partial charge on any atom is 0.412 e. The van der Waals surface area contributed by atoms with Gasteiger partial charge in [-0.3, -0.25) is 20.2 Å². The van der Waals surface area contributed by atoms with Crippen molar-refractivity contribution >= 4 is 47.0 Å². The number of nitrogens with one attached hydrogen (secondary N) is 3. The monoisotopic (exact) mass is 588 g/mol. The topological polar surface area (TPSA) is 135 Å². The summed E-state index contributed by atoms with van der Waals surface area (Å²) in [5, 5.41) is 7.73. The van der Waals surface area contributed by atoms with Gasteiger partial charge in [0.05, 0.1) is 36.0 Å². The number of methoxy groups -OCH3 is 1. The summed E-state index contributed by atoms with van der Waals surface area (Å²) in [4.78, 5) is 52.5. The number of halogens is 2. The molecule has 0 aliphatic carbocycles. The predicted octanol–water partition coefficient (Wildman–Crippen LogP) is 4.40. The zero-order valence-corrected chi connectivity index (χ0v) is 23.1. The fourth-order valence-corrected chi connectivity index (χ4v) is 5.77. The van der Waals surface area contributed by atoms with E-state index in [1.165, 1.54) is 36.3 Å². The molecule has 3 aliphatic rings. The molecular weight excluding hydrogens is 559 g/mol. The Morgan fingerprint density at radius 1 is 1.22 bits per heavy atom. The van der Waals surface area contributed by atoms with Crippen LogP contribution in [0.15, 0.2) is 36.4 Å². The highest BCUT2D eigenvalue weighted by atomic mass is 35.5. The molecule has 0 saturated carbocycles. The molecule has 3 N–H and O–H groups in total. The van der Waals surface area contributed by atoms with Crippen LogP contribution in [0.5, 0.6) is 0 Å². The summed E-state index contributed by atoms with van der Waals surface area (Å²) in [5.41, 5.74) is -0.377. The average molecular weight is 589 g/mol. The smallest absolute Gasteiger partial charge is 0.412 e. The molecule has 13 heteroatoms.